The maximum absolute atomic E-state index is 11.8. The molecular weight excluding hydrogens is 378 g/mol. The van der Waals surface area contributed by atoms with Gasteiger partial charge in [-0.05, 0) is 35.7 Å². The van der Waals surface area contributed by atoms with E-state index < -0.39 is 12.1 Å². The molecule has 0 amide bonds. The second-order valence-corrected chi connectivity index (χ2v) is 6.79. The first-order chi connectivity index (χ1) is 13.6. The van der Waals surface area contributed by atoms with Crippen molar-refractivity contribution in [2.45, 2.75) is 6.10 Å². The van der Waals surface area contributed by atoms with Crippen LogP contribution in [0.1, 0.15) is 27.8 Å². The summed E-state index contributed by atoms with van der Waals surface area (Å²) in [4.78, 5) is 16.1. The Hall–Kier alpha value is -3.23. The highest BCUT2D eigenvalue weighted by Crippen LogP contribution is 2.35. The number of fused-ring (bicyclic) bond motifs is 1. The Labute approximate surface area is 164 Å². The summed E-state index contributed by atoms with van der Waals surface area (Å²) in [5.74, 6) is 0.0930. The zero-order valence-electron chi connectivity index (χ0n) is 15.2. The molecule has 4 rings (SSSR count). The number of rotatable bonds is 5. The van der Waals surface area contributed by atoms with Gasteiger partial charge in [0.05, 0.1) is 31.6 Å². The molecule has 0 saturated heterocycles. The molecule has 1 atom stereocenters. The number of hydrogen-bond acceptors (Lipinski definition) is 7. The predicted octanol–water partition coefficient (Wildman–Crippen LogP) is 3.33. The van der Waals surface area contributed by atoms with Gasteiger partial charge in [0, 0.05) is 16.5 Å². The van der Waals surface area contributed by atoms with Crippen LogP contribution in [0.5, 0.6) is 5.75 Å². The van der Waals surface area contributed by atoms with E-state index >= 15 is 0 Å². The molecule has 1 N–H and O–H groups in total. The van der Waals surface area contributed by atoms with E-state index in [4.69, 9.17) is 9.47 Å². The van der Waals surface area contributed by atoms with Crippen molar-refractivity contribution in [1.29, 1.82) is 0 Å². The summed E-state index contributed by atoms with van der Waals surface area (Å²) in [7, 11) is 2.88. The molecule has 0 aliphatic rings. The smallest absolute Gasteiger partial charge is 0.356 e. The van der Waals surface area contributed by atoms with Crippen molar-refractivity contribution in [3.8, 4) is 17.0 Å². The fourth-order valence-corrected chi connectivity index (χ4v) is 3.66. The van der Waals surface area contributed by atoms with Gasteiger partial charge in [-0.25, -0.2) is 14.3 Å². The monoisotopic (exact) mass is 395 g/mol. The van der Waals surface area contributed by atoms with Crippen LogP contribution in [0.15, 0.2) is 53.4 Å². The van der Waals surface area contributed by atoms with E-state index in [0.717, 1.165) is 11.1 Å². The Morgan fingerprint density at radius 1 is 1.21 bits per heavy atom. The van der Waals surface area contributed by atoms with Gasteiger partial charge < -0.3 is 14.6 Å². The van der Waals surface area contributed by atoms with Crippen LogP contribution in [0, 0.1) is 0 Å². The molecule has 4 aromatic rings. The van der Waals surface area contributed by atoms with E-state index in [1.807, 2.05) is 29.0 Å². The molecule has 0 fully saturated rings. The van der Waals surface area contributed by atoms with E-state index in [9.17, 15) is 9.90 Å². The number of carbonyl (C=O) groups is 1. The molecule has 7 nitrogen and oxygen atoms in total. The zero-order valence-corrected chi connectivity index (χ0v) is 16.0. The summed E-state index contributed by atoms with van der Waals surface area (Å²) in [6.45, 7) is 0. The molecule has 1 unspecified atom stereocenters. The number of ether oxygens (including phenoxy) is 2. The first kappa shape index (κ1) is 18.1. The van der Waals surface area contributed by atoms with Crippen LogP contribution in [-0.2, 0) is 4.74 Å². The van der Waals surface area contributed by atoms with E-state index in [-0.39, 0.29) is 5.69 Å². The summed E-state index contributed by atoms with van der Waals surface area (Å²) in [6, 6.07) is 10.5. The average molecular weight is 395 g/mol. The first-order valence-corrected chi connectivity index (χ1v) is 9.39. The van der Waals surface area contributed by atoms with E-state index in [1.165, 1.54) is 7.11 Å². The third kappa shape index (κ3) is 3.12. The van der Waals surface area contributed by atoms with Crippen LogP contribution in [0.2, 0.25) is 0 Å². The molecule has 0 saturated carbocycles. The largest absolute Gasteiger partial charge is 0.495 e. The normalized spacial score (nSPS) is 12.1. The maximum Gasteiger partial charge on any atom is 0.356 e. The lowest BCUT2D eigenvalue weighted by molar-refractivity contribution is 0.0593. The van der Waals surface area contributed by atoms with Crippen LogP contribution in [0.3, 0.4) is 0 Å². The number of aromatic nitrogens is 3. The third-order valence-corrected chi connectivity index (χ3v) is 5.07. The van der Waals surface area contributed by atoms with Crippen molar-refractivity contribution < 1.29 is 19.4 Å². The van der Waals surface area contributed by atoms with Crippen molar-refractivity contribution in [2.24, 2.45) is 0 Å². The van der Waals surface area contributed by atoms with Gasteiger partial charge in [-0.15, -0.1) is 0 Å². The molecule has 0 aliphatic heterocycles. The number of aliphatic hydroxyl groups excluding tert-OH is 1. The highest BCUT2D eigenvalue weighted by atomic mass is 32.1. The van der Waals surface area contributed by atoms with Crippen molar-refractivity contribution in [3.05, 3.63) is 70.3 Å². The quantitative estimate of drug-likeness (QED) is 0.522. The van der Waals surface area contributed by atoms with Crippen LogP contribution in [0.25, 0.3) is 16.8 Å². The number of nitrogens with zero attached hydrogens (tertiary/aromatic N) is 3. The number of esters is 1. The van der Waals surface area contributed by atoms with E-state index in [2.05, 4.69) is 10.1 Å². The summed E-state index contributed by atoms with van der Waals surface area (Å²) in [5.41, 5.74) is 3.34. The van der Waals surface area contributed by atoms with Gasteiger partial charge in [0.15, 0.2) is 0 Å². The van der Waals surface area contributed by atoms with Gasteiger partial charge in [0.1, 0.15) is 23.2 Å². The molecule has 0 bridgehead atoms. The predicted molar refractivity (Wildman–Crippen MR) is 105 cm³/mol. The van der Waals surface area contributed by atoms with Gasteiger partial charge in [0.25, 0.3) is 0 Å². The Morgan fingerprint density at radius 2 is 2.07 bits per heavy atom. The molecule has 8 heteroatoms. The molecule has 142 valence electrons. The van der Waals surface area contributed by atoms with Crippen LogP contribution in [-0.4, -0.2) is 39.9 Å². The summed E-state index contributed by atoms with van der Waals surface area (Å²) < 4.78 is 11.7. The number of methoxy groups -OCH3 is 2. The number of aliphatic hydroxyl groups is 1. The van der Waals surface area contributed by atoms with Crippen LogP contribution >= 0.6 is 11.3 Å². The van der Waals surface area contributed by atoms with Crippen LogP contribution < -0.4 is 4.74 Å². The Balaban J connectivity index is 1.89. The summed E-state index contributed by atoms with van der Waals surface area (Å²) >= 11 is 1.55. The van der Waals surface area contributed by atoms with Gasteiger partial charge in [-0.2, -0.15) is 16.4 Å². The van der Waals surface area contributed by atoms with Crippen LogP contribution in [0.4, 0.5) is 0 Å². The molecule has 0 aromatic carbocycles. The fourth-order valence-electron chi connectivity index (χ4n) is 3.02. The van der Waals surface area contributed by atoms with Gasteiger partial charge in [-0.3, -0.25) is 0 Å². The average Bonchev–Trinajstić information content (AvgIpc) is 3.39. The lowest BCUT2D eigenvalue weighted by Gasteiger charge is -2.12. The lowest BCUT2D eigenvalue weighted by atomic mass is 10.0. The maximum atomic E-state index is 11.8. The highest BCUT2D eigenvalue weighted by Gasteiger charge is 2.25. The second kappa shape index (κ2) is 7.41. The van der Waals surface area contributed by atoms with Crippen molar-refractivity contribution in [1.82, 2.24) is 14.6 Å². The van der Waals surface area contributed by atoms with Crippen molar-refractivity contribution >= 4 is 22.8 Å². The fraction of sp³-hybridized carbons (Fsp3) is 0.150. The number of carbonyl (C=O) groups excluding carboxylic acids is 1. The van der Waals surface area contributed by atoms with E-state index in [0.29, 0.717) is 22.7 Å². The molecule has 28 heavy (non-hydrogen) atoms. The highest BCUT2D eigenvalue weighted by molar-refractivity contribution is 7.08. The minimum absolute atomic E-state index is 0.134. The summed E-state index contributed by atoms with van der Waals surface area (Å²) in [5, 5.41) is 19.7. The van der Waals surface area contributed by atoms with Crippen molar-refractivity contribution in [3.63, 3.8) is 0 Å². The molecule has 4 aromatic heterocycles. The second-order valence-electron chi connectivity index (χ2n) is 6.01. The number of pyridine rings is 2. The van der Waals surface area contributed by atoms with E-state index in [1.54, 1.807) is 47.4 Å². The van der Waals surface area contributed by atoms with Gasteiger partial charge in [0.2, 0.25) is 0 Å². The van der Waals surface area contributed by atoms with Crippen molar-refractivity contribution in [2.75, 3.05) is 14.2 Å². The minimum Gasteiger partial charge on any atom is -0.495 e. The molecular formula is C20H17N3O4S. The topological polar surface area (TPSA) is 86.0 Å². The lowest BCUT2D eigenvalue weighted by Crippen LogP contribution is -2.09. The molecule has 0 spiro atoms. The minimum atomic E-state index is -1.08. The van der Waals surface area contributed by atoms with Gasteiger partial charge >= 0.3 is 5.97 Å². The molecule has 0 aliphatic carbocycles. The first-order valence-electron chi connectivity index (χ1n) is 8.44. The third-order valence-electron chi connectivity index (χ3n) is 4.39. The molecule has 4 heterocycles. The zero-order chi connectivity index (χ0) is 19.7. The standard InChI is InChI=1S/C20H17N3O4S/c1-26-13-6-7-16-17(18(22-23(16)10-13)12-8-9-28-11-12)19(24)14-4-3-5-15(21-14)20(25)27-2/h3-11,19,24H,1-2H3. The Morgan fingerprint density at radius 3 is 2.79 bits per heavy atom. The molecule has 0 radical (unpaired) electrons. The number of thiophene rings is 1. The SMILES string of the molecule is COC(=O)c1cccc(C(O)c2c(-c3ccsc3)nn3cc(OC)ccc23)n1. The Bertz CT molecular complexity index is 1140. The number of hydrogen-bond donors (Lipinski definition) is 1. The summed E-state index contributed by atoms with van der Waals surface area (Å²) in [6.07, 6.45) is 0.671. The Kier molecular flexibility index (Phi) is 4.81. The van der Waals surface area contributed by atoms with Gasteiger partial charge in [-0.1, -0.05) is 6.07 Å².